The van der Waals surface area contributed by atoms with Crippen molar-refractivity contribution < 1.29 is 48.7 Å². The monoisotopic (exact) mass is 632 g/mol. The van der Waals surface area contributed by atoms with Crippen LogP contribution in [0.1, 0.15) is 62.4 Å². The molecule has 0 saturated heterocycles. The average molecular weight is 634 g/mol. The largest absolute Gasteiger partial charge is 0.504 e. The number of hydrogen-bond acceptors (Lipinski definition) is 10. The second kappa shape index (κ2) is 13.3. The molecule has 0 saturated carbocycles. The van der Waals surface area contributed by atoms with Crippen LogP contribution in [0, 0.1) is 0 Å². The molecule has 0 aliphatic heterocycles. The molecule has 0 aliphatic carbocycles. The standard InChI is InChI=1S/C20H16Br2O9.C2H4O.C2H6/c1-6(23)17-11(13(25)8-4-9(21)18(29-3)10(22)5-8)12-14(26)15(27)20(30-7(2)24)16(28)19(12)31-17;1-2-3;1-2/h4-6,23,26-28H,1-3H3;2H,1H3;1-2H3. The lowest BCUT2D eigenvalue weighted by atomic mass is 9.97. The first-order valence-corrected chi connectivity index (χ1v) is 12.1. The molecule has 3 rings (SSSR count). The Morgan fingerprint density at radius 2 is 1.53 bits per heavy atom. The molecule has 4 N–H and O–H groups in total. The number of rotatable bonds is 5. The Morgan fingerprint density at radius 3 is 1.94 bits per heavy atom. The number of aldehydes is 1. The highest BCUT2D eigenvalue weighted by Gasteiger charge is 2.33. The molecule has 0 bridgehead atoms. The lowest BCUT2D eigenvalue weighted by molar-refractivity contribution is -0.132. The van der Waals surface area contributed by atoms with E-state index in [9.17, 15) is 30.0 Å². The maximum absolute atomic E-state index is 13.4. The molecule has 1 atom stereocenters. The summed E-state index contributed by atoms with van der Waals surface area (Å²) in [4.78, 5) is 33.5. The van der Waals surface area contributed by atoms with Gasteiger partial charge in [-0.15, -0.1) is 0 Å². The van der Waals surface area contributed by atoms with Gasteiger partial charge in [0.1, 0.15) is 23.9 Å². The zero-order valence-electron chi connectivity index (χ0n) is 20.3. The molecule has 196 valence electrons. The summed E-state index contributed by atoms with van der Waals surface area (Å²) in [6.07, 6.45) is -0.574. The van der Waals surface area contributed by atoms with Crippen molar-refractivity contribution in [1.29, 1.82) is 0 Å². The Labute approximate surface area is 223 Å². The van der Waals surface area contributed by atoms with Gasteiger partial charge in [0.15, 0.2) is 17.1 Å². The number of carbonyl (C=O) groups excluding carboxylic acids is 3. The third kappa shape index (κ3) is 6.18. The summed E-state index contributed by atoms with van der Waals surface area (Å²) in [7, 11) is 1.45. The van der Waals surface area contributed by atoms with Crippen LogP contribution in [-0.4, -0.2) is 45.6 Å². The first kappa shape index (κ1) is 30.9. The molecule has 0 amide bonds. The minimum absolute atomic E-state index is 0.117. The van der Waals surface area contributed by atoms with Crippen molar-refractivity contribution in [3.8, 4) is 28.7 Å². The van der Waals surface area contributed by atoms with Crippen molar-refractivity contribution in [2.45, 2.75) is 40.7 Å². The van der Waals surface area contributed by atoms with Gasteiger partial charge in [0, 0.05) is 12.5 Å². The number of aromatic hydroxyl groups is 3. The molecule has 1 aromatic heterocycles. The quantitative estimate of drug-likeness (QED) is 0.0702. The minimum Gasteiger partial charge on any atom is -0.504 e. The first-order valence-electron chi connectivity index (χ1n) is 10.5. The number of esters is 1. The van der Waals surface area contributed by atoms with Crippen LogP contribution in [0.15, 0.2) is 25.5 Å². The van der Waals surface area contributed by atoms with Gasteiger partial charge >= 0.3 is 5.97 Å². The number of phenols is 3. The maximum atomic E-state index is 13.4. The highest BCUT2D eigenvalue weighted by Crippen LogP contribution is 2.53. The number of aliphatic hydroxyl groups is 1. The SMILES string of the molecule is CC.CC=O.COc1c(Br)cc(C(=O)c2c(C(C)O)oc3c(O)c(OC(C)=O)c(O)c(O)c23)cc1Br. The molecular weight excluding hydrogens is 608 g/mol. The van der Waals surface area contributed by atoms with Gasteiger partial charge < -0.3 is 39.1 Å². The van der Waals surface area contributed by atoms with Gasteiger partial charge in [-0.3, -0.25) is 9.59 Å². The highest BCUT2D eigenvalue weighted by atomic mass is 79.9. The van der Waals surface area contributed by atoms with E-state index < -0.39 is 46.4 Å². The number of halogens is 2. The van der Waals surface area contributed by atoms with Crippen LogP contribution < -0.4 is 9.47 Å². The zero-order valence-corrected chi connectivity index (χ0v) is 23.5. The molecule has 1 unspecified atom stereocenters. The number of furan rings is 1. The van der Waals surface area contributed by atoms with E-state index in [0.29, 0.717) is 14.7 Å². The van der Waals surface area contributed by atoms with Gasteiger partial charge in [-0.05, 0) is 57.8 Å². The number of fused-ring (bicyclic) bond motifs is 1. The molecule has 2 aromatic carbocycles. The Balaban J connectivity index is 0.00000120. The van der Waals surface area contributed by atoms with Crippen molar-refractivity contribution in [1.82, 2.24) is 0 Å². The fourth-order valence-corrected chi connectivity index (χ4v) is 4.58. The molecule has 10 nitrogen and oxygen atoms in total. The number of carbonyl (C=O) groups is 3. The highest BCUT2D eigenvalue weighted by molar-refractivity contribution is 9.11. The van der Waals surface area contributed by atoms with Crippen LogP contribution in [0.25, 0.3) is 11.0 Å². The van der Waals surface area contributed by atoms with Crippen LogP contribution in [-0.2, 0) is 9.59 Å². The number of benzene rings is 2. The Kier molecular flexibility index (Phi) is 11.4. The lowest BCUT2D eigenvalue weighted by Crippen LogP contribution is -2.06. The number of ketones is 1. The third-order valence-corrected chi connectivity index (χ3v) is 5.54. The summed E-state index contributed by atoms with van der Waals surface area (Å²) >= 11 is 6.60. The summed E-state index contributed by atoms with van der Waals surface area (Å²) in [6.45, 7) is 7.78. The molecule has 0 spiro atoms. The van der Waals surface area contributed by atoms with Crippen molar-refractivity contribution in [3.63, 3.8) is 0 Å². The Morgan fingerprint density at radius 1 is 1.03 bits per heavy atom. The molecule has 0 aliphatic rings. The third-order valence-electron chi connectivity index (χ3n) is 4.36. The van der Waals surface area contributed by atoms with E-state index in [1.807, 2.05) is 13.8 Å². The van der Waals surface area contributed by atoms with E-state index in [1.54, 1.807) is 0 Å². The van der Waals surface area contributed by atoms with Crippen LogP contribution >= 0.6 is 31.9 Å². The molecule has 36 heavy (non-hydrogen) atoms. The molecular formula is C24H26Br2O10. The maximum Gasteiger partial charge on any atom is 0.308 e. The minimum atomic E-state index is -1.32. The van der Waals surface area contributed by atoms with Gasteiger partial charge in [-0.2, -0.15) is 0 Å². The molecule has 12 heteroatoms. The van der Waals surface area contributed by atoms with Crippen molar-refractivity contribution in [2.75, 3.05) is 7.11 Å². The van der Waals surface area contributed by atoms with Gasteiger partial charge in [0.2, 0.25) is 17.2 Å². The van der Waals surface area contributed by atoms with Crippen LogP contribution in [0.4, 0.5) is 0 Å². The van der Waals surface area contributed by atoms with E-state index in [4.69, 9.17) is 18.7 Å². The second-order valence-corrected chi connectivity index (χ2v) is 8.44. The zero-order chi connectivity index (χ0) is 27.9. The number of aliphatic hydroxyl groups excluding tert-OH is 1. The number of hydrogen-bond donors (Lipinski definition) is 4. The average Bonchev–Trinajstić information content (AvgIpc) is 3.23. The summed E-state index contributed by atoms with van der Waals surface area (Å²) in [5.74, 6) is -4.79. The first-order chi connectivity index (χ1) is 16.9. The van der Waals surface area contributed by atoms with Crippen LogP contribution in [0.5, 0.6) is 28.7 Å². The summed E-state index contributed by atoms with van der Waals surface area (Å²) in [5, 5.41) is 41.1. The van der Waals surface area contributed by atoms with Gasteiger partial charge in [-0.25, -0.2) is 0 Å². The number of phenolic OH excluding ortho intramolecular Hbond substituents is 3. The Bertz CT molecular complexity index is 1260. The van der Waals surface area contributed by atoms with Gasteiger partial charge in [0.05, 0.1) is 27.0 Å². The Hall–Kier alpha value is -3.09. The predicted octanol–water partition coefficient (Wildman–Crippen LogP) is 5.52. The summed E-state index contributed by atoms with van der Waals surface area (Å²) in [6, 6.07) is 2.92. The van der Waals surface area contributed by atoms with Gasteiger partial charge in [0.25, 0.3) is 0 Å². The van der Waals surface area contributed by atoms with Gasteiger partial charge in [-0.1, -0.05) is 13.8 Å². The number of ether oxygens (including phenoxy) is 2. The number of methoxy groups -OCH3 is 1. The second-order valence-electron chi connectivity index (χ2n) is 6.73. The molecule has 0 fully saturated rings. The smallest absolute Gasteiger partial charge is 0.308 e. The lowest BCUT2D eigenvalue weighted by Gasteiger charge is -2.11. The van der Waals surface area contributed by atoms with Crippen LogP contribution in [0.2, 0.25) is 0 Å². The van der Waals surface area contributed by atoms with E-state index in [1.165, 1.54) is 33.1 Å². The van der Waals surface area contributed by atoms with Crippen LogP contribution in [0.3, 0.4) is 0 Å². The normalized spacial score (nSPS) is 10.9. The summed E-state index contributed by atoms with van der Waals surface area (Å²) in [5.41, 5.74) is -0.615. The molecule has 1 heterocycles. The molecule has 3 aromatic rings. The van der Waals surface area contributed by atoms with E-state index in [0.717, 1.165) is 13.2 Å². The topological polar surface area (TPSA) is 164 Å². The molecule has 0 radical (unpaired) electrons. The summed E-state index contributed by atoms with van der Waals surface area (Å²) < 4.78 is 16.3. The predicted molar refractivity (Wildman–Crippen MR) is 138 cm³/mol. The van der Waals surface area contributed by atoms with E-state index in [2.05, 4.69) is 31.9 Å². The fourth-order valence-electron chi connectivity index (χ4n) is 3.07. The van der Waals surface area contributed by atoms with E-state index in [-0.39, 0.29) is 22.3 Å². The van der Waals surface area contributed by atoms with E-state index >= 15 is 0 Å². The fraction of sp³-hybridized carbons (Fsp3) is 0.292. The van der Waals surface area contributed by atoms with Crippen molar-refractivity contribution in [3.05, 3.63) is 38.0 Å². The van der Waals surface area contributed by atoms with Crippen molar-refractivity contribution >= 4 is 60.9 Å². The van der Waals surface area contributed by atoms with Crippen molar-refractivity contribution in [2.24, 2.45) is 0 Å².